The van der Waals surface area contributed by atoms with Gasteiger partial charge in [-0.3, -0.25) is 9.59 Å². The van der Waals surface area contributed by atoms with E-state index in [1.807, 2.05) is 24.3 Å². The molecule has 0 radical (unpaired) electrons. The summed E-state index contributed by atoms with van der Waals surface area (Å²) in [4.78, 5) is 27.2. The summed E-state index contributed by atoms with van der Waals surface area (Å²) >= 11 is 0. The first-order valence-corrected chi connectivity index (χ1v) is 9.10. The number of hydrogen-bond donors (Lipinski definition) is 2. The fourth-order valence-electron chi connectivity index (χ4n) is 3.21. The Balaban J connectivity index is 0.00000261. The first-order chi connectivity index (χ1) is 12.7. The number of nitrogens with one attached hydrogen (secondary N) is 2. The van der Waals surface area contributed by atoms with Gasteiger partial charge >= 0.3 is 0 Å². The molecule has 0 spiro atoms. The molecule has 1 aromatic heterocycles. The van der Waals surface area contributed by atoms with E-state index in [9.17, 15) is 9.59 Å². The predicted octanol–water partition coefficient (Wildman–Crippen LogP) is 2.38. The molecule has 6 nitrogen and oxygen atoms in total. The molecule has 2 N–H and O–H groups in total. The molecule has 27 heavy (non-hydrogen) atoms. The maximum atomic E-state index is 12.8. The lowest BCUT2D eigenvalue weighted by atomic mass is 9.93. The van der Waals surface area contributed by atoms with E-state index in [0.717, 1.165) is 30.6 Å². The second-order valence-corrected chi connectivity index (χ2v) is 6.44. The van der Waals surface area contributed by atoms with Gasteiger partial charge < -0.3 is 20.0 Å². The zero-order valence-electron chi connectivity index (χ0n) is 15.4. The van der Waals surface area contributed by atoms with Crippen molar-refractivity contribution in [1.29, 1.82) is 0 Å². The van der Waals surface area contributed by atoms with E-state index < -0.39 is 6.04 Å². The highest BCUT2D eigenvalue weighted by Crippen LogP contribution is 2.25. The molecule has 0 saturated heterocycles. The van der Waals surface area contributed by atoms with Gasteiger partial charge in [-0.05, 0) is 36.2 Å². The van der Waals surface area contributed by atoms with Crippen molar-refractivity contribution in [2.75, 3.05) is 19.6 Å². The third-order valence-electron chi connectivity index (χ3n) is 4.57. The Morgan fingerprint density at radius 1 is 1.11 bits per heavy atom. The van der Waals surface area contributed by atoms with Crippen molar-refractivity contribution in [3.8, 4) is 0 Å². The van der Waals surface area contributed by atoms with Crippen molar-refractivity contribution in [1.82, 2.24) is 15.5 Å². The second-order valence-electron chi connectivity index (χ2n) is 6.44. The lowest BCUT2D eigenvalue weighted by molar-refractivity contribution is -0.126. The van der Waals surface area contributed by atoms with Gasteiger partial charge in [-0.15, -0.1) is 12.4 Å². The highest BCUT2D eigenvalue weighted by atomic mass is 35.5. The van der Waals surface area contributed by atoms with Crippen LogP contribution in [0.25, 0.3) is 0 Å². The van der Waals surface area contributed by atoms with Crippen molar-refractivity contribution < 1.29 is 14.0 Å². The van der Waals surface area contributed by atoms with Crippen molar-refractivity contribution in [3.05, 3.63) is 59.5 Å². The van der Waals surface area contributed by atoms with Crippen molar-refractivity contribution in [2.45, 2.75) is 32.4 Å². The minimum atomic E-state index is -0.534. The molecule has 0 bridgehead atoms. The van der Waals surface area contributed by atoms with Crippen LogP contribution in [0.5, 0.6) is 0 Å². The fourth-order valence-corrected chi connectivity index (χ4v) is 3.21. The van der Waals surface area contributed by atoms with Crippen LogP contribution < -0.4 is 10.6 Å². The first-order valence-electron chi connectivity index (χ1n) is 9.10. The van der Waals surface area contributed by atoms with Crippen molar-refractivity contribution in [2.24, 2.45) is 0 Å². The summed E-state index contributed by atoms with van der Waals surface area (Å²) in [5.74, 6) is -0.127. The van der Waals surface area contributed by atoms with E-state index in [-0.39, 0.29) is 30.0 Å². The van der Waals surface area contributed by atoms with Crippen LogP contribution >= 0.6 is 12.4 Å². The van der Waals surface area contributed by atoms with Crippen LogP contribution in [-0.4, -0.2) is 42.4 Å². The minimum Gasteiger partial charge on any atom is -0.459 e. The maximum Gasteiger partial charge on any atom is 0.290 e. The molecule has 2 aromatic rings. The van der Waals surface area contributed by atoms with Gasteiger partial charge in [0.15, 0.2) is 5.76 Å². The zero-order chi connectivity index (χ0) is 18.4. The van der Waals surface area contributed by atoms with Crippen LogP contribution in [-0.2, 0) is 17.8 Å². The van der Waals surface area contributed by atoms with Gasteiger partial charge in [-0.2, -0.15) is 0 Å². The van der Waals surface area contributed by atoms with Gasteiger partial charge in [0.1, 0.15) is 6.04 Å². The average Bonchev–Trinajstić information content (AvgIpc) is 3.21. The quantitative estimate of drug-likeness (QED) is 0.711. The van der Waals surface area contributed by atoms with Crippen LogP contribution in [0.1, 0.15) is 35.0 Å². The van der Waals surface area contributed by atoms with E-state index >= 15 is 0 Å². The number of carbonyl (C=O) groups is 2. The van der Waals surface area contributed by atoms with Crippen molar-refractivity contribution in [3.63, 3.8) is 0 Å². The largest absolute Gasteiger partial charge is 0.459 e. The van der Waals surface area contributed by atoms with Crippen LogP contribution in [0.3, 0.4) is 0 Å². The topological polar surface area (TPSA) is 74.6 Å². The molecule has 0 fully saturated rings. The average molecular weight is 392 g/mol. The Labute approximate surface area is 165 Å². The van der Waals surface area contributed by atoms with Crippen LogP contribution in [0, 0.1) is 0 Å². The van der Waals surface area contributed by atoms with Gasteiger partial charge in [0.2, 0.25) is 5.91 Å². The SMILES string of the molecule is CCCNCCNC(=O)C1Cc2ccccc2CN1C(=O)c1ccco1.Cl. The zero-order valence-corrected chi connectivity index (χ0v) is 16.3. The van der Waals surface area contributed by atoms with Crippen LogP contribution in [0.15, 0.2) is 47.1 Å². The third-order valence-corrected chi connectivity index (χ3v) is 4.57. The number of hydrogen-bond acceptors (Lipinski definition) is 4. The number of rotatable bonds is 7. The molecule has 2 heterocycles. The molecule has 3 rings (SSSR count). The van der Waals surface area contributed by atoms with E-state index in [4.69, 9.17) is 4.42 Å². The number of nitrogens with zero attached hydrogens (tertiary/aromatic N) is 1. The lowest BCUT2D eigenvalue weighted by Crippen LogP contribution is -2.53. The second kappa shape index (κ2) is 10.1. The number of amides is 2. The predicted molar refractivity (Wildman–Crippen MR) is 106 cm³/mol. The third kappa shape index (κ3) is 5.11. The fraction of sp³-hybridized carbons (Fsp3) is 0.400. The van der Waals surface area contributed by atoms with E-state index in [2.05, 4.69) is 17.6 Å². The number of fused-ring (bicyclic) bond motifs is 1. The molecule has 1 aromatic carbocycles. The number of furan rings is 1. The molecule has 1 aliphatic rings. The van der Waals surface area contributed by atoms with Gasteiger partial charge in [-0.25, -0.2) is 0 Å². The Hall–Kier alpha value is -2.31. The summed E-state index contributed by atoms with van der Waals surface area (Å²) in [6.45, 7) is 4.69. The van der Waals surface area contributed by atoms with Crippen molar-refractivity contribution >= 4 is 24.2 Å². The number of carbonyl (C=O) groups excluding carboxylic acids is 2. The Morgan fingerprint density at radius 3 is 2.59 bits per heavy atom. The number of benzene rings is 1. The normalized spacial score (nSPS) is 15.6. The van der Waals surface area contributed by atoms with E-state index in [1.54, 1.807) is 17.0 Å². The maximum absolute atomic E-state index is 12.8. The Kier molecular flexibility index (Phi) is 7.88. The molecule has 146 valence electrons. The molecule has 7 heteroatoms. The minimum absolute atomic E-state index is 0. The molecular weight excluding hydrogens is 366 g/mol. The van der Waals surface area contributed by atoms with Gasteiger partial charge in [-0.1, -0.05) is 31.2 Å². The molecular formula is C20H26ClN3O3. The lowest BCUT2D eigenvalue weighted by Gasteiger charge is -2.35. The van der Waals surface area contributed by atoms with Crippen LogP contribution in [0.4, 0.5) is 0 Å². The molecule has 1 unspecified atom stereocenters. The summed E-state index contributed by atoms with van der Waals surface area (Å²) in [5, 5.41) is 6.20. The smallest absolute Gasteiger partial charge is 0.290 e. The highest BCUT2D eigenvalue weighted by Gasteiger charge is 2.35. The standard InChI is InChI=1S/C20H25N3O3.ClH/c1-2-9-21-10-11-22-19(24)17-13-15-6-3-4-7-16(15)14-23(17)20(25)18-8-5-12-26-18;/h3-8,12,17,21H,2,9-11,13-14H2,1H3,(H,22,24);1H. The summed E-state index contributed by atoms with van der Waals surface area (Å²) in [6, 6.07) is 10.7. The van der Waals surface area contributed by atoms with Gasteiger partial charge in [0.05, 0.1) is 6.26 Å². The molecule has 0 saturated carbocycles. The van der Waals surface area contributed by atoms with Crippen LogP contribution in [0.2, 0.25) is 0 Å². The van der Waals surface area contributed by atoms with E-state index in [1.165, 1.54) is 6.26 Å². The molecule has 1 aliphatic heterocycles. The summed E-state index contributed by atoms with van der Waals surface area (Å²) in [6.07, 6.45) is 3.04. The first kappa shape index (κ1) is 21.0. The summed E-state index contributed by atoms with van der Waals surface area (Å²) < 4.78 is 5.26. The highest BCUT2D eigenvalue weighted by molar-refractivity contribution is 5.96. The summed E-state index contributed by atoms with van der Waals surface area (Å²) in [5.41, 5.74) is 2.18. The van der Waals surface area contributed by atoms with Gasteiger partial charge in [0.25, 0.3) is 5.91 Å². The molecule has 2 amide bonds. The molecule has 0 aliphatic carbocycles. The number of halogens is 1. The monoisotopic (exact) mass is 391 g/mol. The molecule has 1 atom stereocenters. The Bertz CT molecular complexity index is 749. The van der Waals surface area contributed by atoms with Gasteiger partial charge in [0, 0.05) is 26.1 Å². The summed E-state index contributed by atoms with van der Waals surface area (Å²) in [7, 11) is 0. The van der Waals surface area contributed by atoms with E-state index in [0.29, 0.717) is 19.5 Å². The Morgan fingerprint density at radius 2 is 1.89 bits per heavy atom.